The van der Waals surface area contributed by atoms with E-state index >= 15 is 0 Å². The van der Waals surface area contributed by atoms with Crippen LogP contribution in [0.4, 0.5) is 4.39 Å². The van der Waals surface area contributed by atoms with Crippen LogP contribution in [0.1, 0.15) is 36.8 Å². The van der Waals surface area contributed by atoms with Crippen LogP contribution in [0.2, 0.25) is 0 Å². The Morgan fingerprint density at radius 1 is 1.58 bits per heavy atom. The van der Waals surface area contributed by atoms with Crippen molar-refractivity contribution in [1.29, 1.82) is 0 Å². The Labute approximate surface area is 114 Å². The SMILES string of the molecule is COC(=O)c1cnc(C=N[S+]([O-])C(C)(C)C)c(F)c1. The van der Waals surface area contributed by atoms with E-state index in [4.69, 9.17) is 0 Å². The highest BCUT2D eigenvalue weighted by atomic mass is 32.2. The molecule has 0 radical (unpaired) electrons. The summed E-state index contributed by atoms with van der Waals surface area (Å²) in [7, 11) is 1.20. The van der Waals surface area contributed by atoms with E-state index in [0.717, 1.165) is 12.3 Å². The van der Waals surface area contributed by atoms with E-state index in [1.54, 1.807) is 20.8 Å². The second-order valence-corrected chi connectivity index (χ2v) is 6.61. The molecule has 1 atom stereocenters. The number of methoxy groups -OCH3 is 1. The lowest BCUT2D eigenvalue weighted by Gasteiger charge is -2.17. The van der Waals surface area contributed by atoms with Gasteiger partial charge in [-0.2, -0.15) is 0 Å². The third kappa shape index (κ3) is 4.29. The summed E-state index contributed by atoms with van der Waals surface area (Å²) in [5.74, 6) is -1.40. The molecule has 1 heterocycles. The fraction of sp³-hybridized carbons (Fsp3) is 0.417. The zero-order valence-electron chi connectivity index (χ0n) is 11.1. The fourth-order valence-corrected chi connectivity index (χ4v) is 1.54. The number of hydrogen-bond acceptors (Lipinski definition) is 5. The first-order chi connectivity index (χ1) is 8.75. The zero-order valence-corrected chi connectivity index (χ0v) is 12.0. The molecular weight excluding hydrogens is 271 g/mol. The number of hydrogen-bond donors (Lipinski definition) is 0. The van der Waals surface area contributed by atoms with Crippen molar-refractivity contribution in [2.75, 3.05) is 7.11 Å². The number of nitrogens with zero attached hydrogens (tertiary/aromatic N) is 2. The van der Waals surface area contributed by atoms with Gasteiger partial charge in [-0.05, 0) is 26.8 Å². The minimum atomic E-state index is -1.49. The summed E-state index contributed by atoms with van der Waals surface area (Å²) in [6.45, 7) is 5.26. The minimum Gasteiger partial charge on any atom is -0.591 e. The number of halogens is 1. The van der Waals surface area contributed by atoms with Gasteiger partial charge in [-0.15, -0.1) is 0 Å². The van der Waals surface area contributed by atoms with Gasteiger partial charge in [0.15, 0.2) is 5.82 Å². The van der Waals surface area contributed by atoms with E-state index < -0.39 is 27.9 Å². The van der Waals surface area contributed by atoms with E-state index in [1.165, 1.54) is 13.3 Å². The fourth-order valence-electron chi connectivity index (χ4n) is 1.03. The van der Waals surface area contributed by atoms with E-state index in [9.17, 15) is 13.7 Å². The van der Waals surface area contributed by atoms with Crippen molar-refractivity contribution in [1.82, 2.24) is 4.98 Å². The van der Waals surface area contributed by atoms with Crippen molar-refractivity contribution in [2.45, 2.75) is 25.5 Å². The molecule has 0 aliphatic carbocycles. The Balaban J connectivity index is 2.92. The molecule has 19 heavy (non-hydrogen) atoms. The maximum atomic E-state index is 13.6. The van der Waals surface area contributed by atoms with Crippen molar-refractivity contribution in [3.8, 4) is 0 Å². The molecule has 0 amide bonds. The van der Waals surface area contributed by atoms with Gasteiger partial charge in [0, 0.05) is 6.20 Å². The molecule has 0 aliphatic rings. The Kier molecular flexibility index (Phi) is 5.02. The van der Waals surface area contributed by atoms with Crippen LogP contribution in [0.3, 0.4) is 0 Å². The van der Waals surface area contributed by atoms with Gasteiger partial charge in [0.25, 0.3) is 0 Å². The van der Waals surface area contributed by atoms with Crippen LogP contribution in [0.5, 0.6) is 0 Å². The molecule has 7 heteroatoms. The van der Waals surface area contributed by atoms with E-state index in [0.29, 0.717) is 0 Å². The zero-order chi connectivity index (χ0) is 14.6. The molecule has 0 bridgehead atoms. The summed E-state index contributed by atoms with van der Waals surface area (Å²) >= 11 is -1.49. The molecule has 0 fully saturated rings. The van der Waals surface area contributed by atoms with Gasteiger partial charge in [-0.25, -0.2) is 9.18 Å². The molecule has 0 aliphatic heterocycles. The normalized spacial score (nSPS) is 13.6. The van der Waals surface area contributed by atoms with Crippen LogP contribution in [0, 0.1) is 5.82 Å². The van der Waals surface area contributed by atoms with Gasteiger partial charge in [-0.1, -0.05) is 4.40 Å². The van der Waals surface area contributed by atoms with Crippen LogP contribution in [-0.4, -0.2) is 33.6 Å². The lowest BCUT2D eigenvalue weighted by Crippen LogP contribution is -2.26. The number of ether oxygens (including phenoxy) is 1. The summed E-state index contributed by atoms with van der Waals surface area (Å²) in [5, 5.41) is 0. The highest BCUT2D eigenvalue weighted by Gasteiger charge is 2.26. The average molecular weight is 286 g/mol. The van der Waals surface area contributed by atoms with Gasteiger partial charge in [0.2, 0.25) is 0 Å². The molecule has 1 aromatic heterocycles. The summed E-state index contributed by atoms with van der Waals surface area (Å²) in [6, 6.07) is 1.00. The number of carbonyl (C=O) groups is 1. The number of rotatable bonds is 3. The van der Waals surface area contributed by atoms with Crippen LogP contribution in [0.15, 0.2) is 16.7 Å². The number of esters is 1. The molecule has 104 valence electrons. The van der Waals surface area contributed by atoms with Crippen molar-refractivity contribution >= 4 is 23.5 Å². The monoisotopic (exact) mass is 286 g/mol. The third-order valence-electron chi connectivity index (χ3n) is 2.09. The third-order valence-corrected chi connectivity index (χ3v) is 3.43. The first-order valence-corrected chi connectivity index (χ1v) is 6.56. The van der Waals surface area contributed by atoms with Gasteiger partial charge in [-0.3, -0.25) is 4.98 Å². The molecule has 0 aromatic carbocycles. The summed E-state index contributed by atoms with van der Waals surface area (Å²) in [5.41, 5.74) is -0.0700. The molecule has 0 N–H and O–H groups in total. The molecule has 0 saturated heterocycles. The van der Waals surface area contributed by atoms with Crippen molar-refractivity contribution in [3.05, 3.63) is 29.3 Å². The highest BCUT2D eigenvalue weighted by Crippen LogP contribution is 2.17. The van der Waals surface area contributed by atoms with Gasteiger partial charge in [0.1, 0.15) is 28.0 Å². The first-order valence-electron chi connectivity index (χ1n) is 5.45. The highest BCUT2D eigenvalue weighted by molar-refractivity contribution is 7.91. The molecular formula is C12H15FN2O3S. The number of pyridine rings is 1. The summed E-state index contributed by atoms with van der Waals surface area (Å²) in [4.78, 5) is 14.9. The van der Waals surface area contributed by atoms with Crippen molar-refractivity contribution in [2.24, 2.45) is 4.40 Å². The number of aromatic nitrogens is 1. The van der Waals surface area contributed by atoms with E-state index in [1.807, 2.05) is 0 Å². The van der Waals surface area contributed by atoms with E-state index in [2.05, 4.69) is 14.1 Å². The Bertz CT molecular complexity index is 500. The quantitative estimate of drug-likeness (QED) is 0.483. The van der Waals surface area contributed by atoms with Crippen LogP contribution in [0.25, 0.3) is 0 Å². The van der Waals surface area contributed by atoms with Crippen LogP contribution in [-0.2, 0) is 16.1 Å². The topological polar surface area (TPSA) is 74.6 Å². The summed E-state index contributed by atoms with van der Waals surface area (Å²) < 4.78 is 33.0. The molecule has 1 rings (SSSR count). The number of carbonyl (C=O) groups excluding carboxylic acids is 1. The second kappa shape index (κ2) is 6.12. The maximum absolute atomic E-state index is 13.6. The standard InChI is InChI=1S/C12H15FN2O3S/c1-12(2,3)19(17)15-7-10-9(13)5-8(6-14-10)11(16)18-4/h5-7H,1-4H3. The van der Waals surface area contributed by atoms with Crippen molar-refractivity contribution < 1.29 is 18.5 Å². The molecule has 5 nitrogen and oxygen atoms in total. The predicted octanol–water partition coefficient (Wildman–Crippen LogP) is 1.89. The Hall–Kier alpha value is -1.47. The Morgan fingerprint density at radius 3 is 2.68 bits per heavy atom. The lowest BCUT2D eigenvalue weighted by atomic mass is 10.2. The molecule has 1 aromatic rings. The maximum Gasteiger partial charge on any atom is 0.339 e. The van der Waals surface area contributed by atoms with Crippen molar-refractivity contribution in [3.63, 3.8) is 0 Å². The predicted molar refractivity (Wildman–Crippen MR) is 71.0 cm³/mol. The molecule has 1 unspecified atom stereocenters. The first kappa shape index (κ1) is 15.6. The summed E-state index contributed by atoms with van der Waals surface area (Å²) in [6.07, 6.45) is 2.27. The van der Waals surface area contributed by atoms with Gasteiger partial charge < -0.3 is 9.29 Å². The Morgan fingerprint density at radius 2 is 2.21 bits per heavy atom. The lowest BCUT2D eigenvalue weighted by molar-refractivity contribution is 0.0599. The smallest absolute Gasteiger partial charge is 0.339 e. The molecule has 0 spiro atoms. The minimum absolute atomic E-state index is 0.00842. The largest absolute Gasteiger partial charge is 0.591 e. The van der Waals surface area contributed by atoms with E-state index in [-0.39, 0.29) is 11.3 Å². The molecule has 0 saturated carbocycles. The average Bonchev–Trinajstić information content (AvgIpc) is 2.34. The van der Waals surface area contributed by atoms with Gasteiger partial charge >= 0.3 is 5.97 Å². The van der Waals surface area contributed by atoms with Crippen LogP contribution >= 0.6 is 0 Å². The second-order valence-electron chi connectivity index (χ2n) is 4.68. The van der Waals surface area contributed by atoms with Gasteiger partial charge in [0.05, 0.1) is 12.7 Å². The van der Waals surface area contributed by atoms with Crippen LogP contribution < -0.4 is 0 Å².